The molecule has 0 aliphatic heterocycles. The molecule has 0 aliphatic rings. The fourth-order valence-electron chi connectivity index (χ4n) is 0.598. The summed E-state index contributed by atoms with van der Waals surface area (Å²) in [6.45, 7) is 7.44. The van der Waals surface area contributed by atoms with Gasteiger partial charge in [0.2, 0.25) is 5.91 Å². The van der Waals surface area contributed by atoms with Crippen LogP contribution in [-0.2, 0) is 4.79 Å². The van der Waals surface area contributed by atoms with Gasteiger partial charge in [0, 0.05) is 14.1 Å². The largest absolute Gasteiger partial charge is 0.348 e. The molecule has 0 aromatic carbocycles. The molecule has 0 N–H and O–H groups in total. The van der Waals surface area contributed by atoms with E-state index in [-0.39, 0.29) is 11.8 Å². The van der Waals surface area contributed by atoms with E-state index in [1.54, 1.807) is 19.0 Å². The zero-order chi connectivity index (χ0) is 8.31. The van der Waals surface area contributed by atoms with Crippen molar-refractivity contribution in [3.63, 3.8) is 0 Å². The Labute approximate surface area is 62.5 Å². The van der Waals surface area contributed by atoms with Gasteiger partial charge in [0.15, 0.2) is 0 Å². The van der Waals surface area contributed by atoms with Crippen LogP contribution < -0.4 is 0 Å². The first kappa shape index (κ1) is 9.21. The summed E-state index contributed by atoms with van der Waals surface area (Å²) in [5.41, 5.74) is 0.915. The van der Waals surface area contributed by atoms with E-state index in [0.717, 1.165) is 5.57 Å². The van der Waals surface area contributed by atoms with Crippen molar-refractivity contribution in [2.75, 3.05) is 14.1 Å². The average Bonchev–Trinajstić information content (AvgIpc) is 1.84. The zero-order valence-electron chi connectivity index (χ0n) is 7.14. The van der Waals surface area contributed by atoms with Crippen LogP contribution in [0, 0.1) is 5.92 Å². The molecule has 1 amide bonds. The normalized spacial score (nSPS) is 12.4. The predicted molar refractivity (Wildman–Crippen MR) is 42.7 cm³/mol. The minimum Gasteiger partial charge on any atom is -0.348 e. The summed E-state index contributed by atoms with van der Waals surface area (Å²) in [7, 11) is 3.50. The van der Waals surface area contributed by atoms with E-state index in [0.29, 0.717) is 0 Å². The van der Waals surface area contributed by atoms with E-state index in [9.17, 15) is 4.79 Å². The Morgan fingerprint density at radius 1 is 1.50 bits per heavy atom. The van der Waals surface area contributed by atoms with Crippen molar-refractivity contribution in [1.29, 1.82) is 0 Å². The van der Waals surface area contributed by atoms with Crippen LogP contribution in [0.4, 0.5) is 0 Å². The number of rotatable bonds is 2. The summed E-state index contributed by atoms with van der Waals surface area (Å²) in [6, 6.07) is 0. The Morgan fingerprint density at radius 2 is 1.90 bits per heavy atom. The van der Waals surface area contributed by atoms with E-state index < -0.39 is 0 Å². The molecule has 10 heavy (non-hydrogen) atoms. The average molecular weight is 141 g/mol. The highest BCUT2D eigenvalue weighted by Crippen LogP contribution is 2.08. The number of carbonyl (C=O) groups is 1. The highest BCUT2D eigenvalue weighted by Gasteiger charge is 2.14. The molecule has 2 heteroatoms. The van der Waals surface area contributed by atoms with Gasteiger partial charge in [0.1, 0.15) is 0 Å². The maximum Gasteiger partial charge on any atom is 0.228 e. The van der Waals surface area contributed by atoms with Crippen LogP contribution in [0.3, 0.4) is 0 Å². The summed E-state index contributed by atoms with van der Waals surface area (Å²) in [6.07, 6.45) is 0. The number of amides is 1. The third-order valence-corrected chi connectivity index (χ3v) is 1.55. The van der Waals surface area contributed by atoms with Crippen molar-refractivity contribution >= 4 is 5.91 Å². The first-order valence-electron chi connectivity index (χ1n) is 3.33. The Balaban J connectivity index is 4.08. The molecule has 58 valence electrons. The smallest absolute Gasteiger partial charge is 0.228 e. The maximum absolute atomic E-state index is 11.1. The molecule has 0 bridgehead atoms. The Kier molecular flexibility index (Phi) is 3.13. The summed E-state index contributed by atoms with van der Waals surface area (Å²) in [5.74, 6) is 0.0718. The van der Waals surface area contributed by atoms with Crippen LogP contribution in [0.25, 0.3) is 0 Å². The van der Waals surface area contributed by atoms with E-state index in [1.165, 1.54) is 0 Å². The fourth-order valence-corrected chi connectivity index (χ4v) is 0.598. The van der Waals surface area contributed by atoms with Gasteiger partial charge in [-0.05, 0) is 13.8 Å². The van der Waals surface area contributed by atoms with Gasteiger partial charge in [-0.15, -0.1) is 0 Å². The molecule has 0 heterocycles. The van der Waals surface area contributed by atoms with Gasteiger partial charge < -0.3 is 4.90 Å². The van der Waals surface area contributed by atoms with Crippen molar-refractivity contribution in [3.8, 4) is 0 Å². The van der Waals surface area contributed by atoms with Gasteiger partial charge in [-0.25, -0.2) is 0 Å². The molecule has 0 aliphatic carbocycles. The van der Waals surface area contributed by atoms with Crippen molar-refractivity contribution < 1.29 is 4.79 Å². The maximum atomic E-state index is 11.1. The van der Waals surface area contributed by atoms with Crippen molar-refractivity contribution in [1.82, 2.24) is 4.90 Å². The molecule has 0 spiro atoms. The van der Waals surface area contributed by atoms with E-state index in [4.69, 9.17) is 0 Å². The number of hydrogen-bond donors (Lipinski definition) is 0. The van der Waals surface area contributed by atoms with Gasteiger partial charge in [0.25, 0.3) is 0 Å². The van der Waals surface area contributed by atoms with Gasteiger partial charge >= 0.3 is 0 Å². The lowest BCUT2D eigenvalue weighted by atomic mass is 10.0. The Hall–Kier alpha value is -0.790. The molecular formula is C8H15NO. The summed E-state index contributed by atoms with van der Waals surface area (Å²) in [4.78, 5) is 12.7. The second-order valence-corrected chi connectivity index (χ2v) is 2.80. The van der Waals surface area contributed by atoms with E-state index in [2.05, 4.69) is 6.58 Å². The van der Waals surface area contributed by atoms with Crippen molar-refractivity contribution in [2.45, 2.75) is 13.8 Å². The highest BCUT2D eigenvalue weighted by molar-refractivity contribution is 5.80. The second kappa shape index (κ2) is 3.40. The number of hydrogen-bond acceptors (Lipinski definition) is 1. The van der Waals surface area contributed by atoms with Gasteiger partial charge in [-0.2, -0.15) is 0 Å². The van der Waals surface area contributed by atoms with E-state index in [1.807, 2.05) is 13.8 Å². The number of nitrogens with zero attached hydrogens (tertiary/aromatic N) is 1. The molecule has 0 saturated carbocycles. The molecule has 2 nitrogen and oxygen atoms in total. The standard InChI is InChI=1S/C8H15NO/c1-6(2)7(3)8(10)9(4)5/h7H,1H2,2-5H3. The first-order chi connectivity index (χ1) is 4.46. The summed E-state index contributed by atoms with van der Waals surface area (Å²) < 4.78 is 0. The van der Waals surface area contributed by atoms with Crippen LogP contribution in [0.1, 0.15) is 13.8 Å². The molecule has 0 aromatic rings. The quantitative estimate of drug-likeness (QED) is 0.530. The Bertz CT molecular complexity index is 149. The van der Waals surface area contributed by atoms with Crippen molar-refractivity contribution in [3.05, 3.63) is 12.2 Å². The lowest BCUT2D eigenvalue weighted by Gasteiger charge is -2.16. The van der Waals surface area contributed by atoms with Crippen LogP contribution in [-0.4, -0.2) is 24.9 Å². The third-order valence-electron chi connectivity index (χ3n) is 1.55. The summed E-state index contributed by atoms with van der Waals surface area (Å²) in [5, 5.41) is 0. The lowest BCUT2D eigenvalue weighted by molar-refractivity contribution is -0.131. The second-order valence-electron chi connectivity index (χ2n) is 2.80. The highest BCUT2D eigenvalue weighted by atomic mass is 16.2. The SMILES string of the molecule is C=C(C)C(C)C(=O)N(C)C. The minimum absolute atomic E-state index is 0.0463. The number of carbonyl (C=O) groups excluding carboxylic acids is 1. The first-order valence-corrected chi connectivity index (χ1v) is 3.33. The third kappa shape index (κ3) is 2.21. The van der Waals surface area contributed by atoms with Crippen LogP contribution >= 0.6 is 0 Å². The van der Waals surface area contributed by atoms with Crippen molar-refractivity contribution in [2.24, 2.45) is 5.92 Å². The predicted octanol–water partition coefficient (Wildman–Crippen LogP) is 1.29. The molecule has 0 fully saturated rings. The van der Waals surface area contributed by atoms with Gasteiger partial charge in [-0.3, -0.25) is 4.79 Å². The van der Waals surface area contributed by atoms with Crippen LogP contribution in [0.5, 0.6) is 0 Å². The molecular weight excluding hydrogens is 126 g/mol. The van der Waals surface area contributed by atoms with Crippen LogP contribution in [0.2, 0.25) is 0 Å². The molecule has 1 atom stereocenters. The Morgan fingerprint density at radius 3 is 2.00 bits per heavy atom. The molecule has 0 aromatic heterocycles. The lowest BCUT2D eigenvalue weighted by Crippen LogP contribution is -2.28. The monoisotopic (exact) mass is 141 g/mol. The zero-order valence-corrected chi connectivity index (χ0v) is 7.14. The topological polar surface area (TPSA) is 20.3 Å². The fraction of sp³-hybridized carbons (Fsp3) is 0.625. The molecule has 1 unspecified atom stereocenters. The van der Waals surface area contributed by atoms with Gasteiger partial charge in [0.05, 0.1) is 5.92 Å². The molecule has 0 saturated heterocycles. The summed E-state index contributed by atoms with van der Waals surface area (Å²) >= 11 is 0. The minimum atomic E-state index is -0.0463. The van der Waals surface area contributed by atoms with E-state index >= 15 is 0 Å². The van der Waals surface area contributed by atoms with Crippen LogP contribution in [0.15, 0.2) is 12.2 Å². The molecule has 0 rings (SSSR count). The molecule has 0 radical (unpaired) electrons. The van der Waals surface area contributed by atoms with Gasteiger partial charge in [-0.1, -0.05) is 12.2 Å².